The number of aryl methyl sites for hydroxylation is 2. The van der Waals surface area contributed by atoms with Gasteiger partial charge in [0.15, 0.2) is 11.6 Å². The molecule has 0 radical (unpaired) electrons. The lowest BCUT2D eigenvalue weighted by Crippen LogP contribution is -2.27. The minimum Gasteiger partial charge on any atom is -0.478 e. The average molecular weight is 479 g/mol. The molecule has 0 spiro atoms. The summed E-state index contributed by atoms with van der Waals surface area (Å²) in [7, 11) is 1.27. The smallest absolute Gasteiger partial charge is 0.335 e. The van der Waals surface area contributed by atoms with E-state index in [2.05, 4.69) is 10.4 Å². The number of carbonyl (C=O) groups is 2. The number of carbonyl (C=O) groups excluding carboxylic acids is 1. The minimum absolute atomic E-state index is 0.00989. The zero-order valence-corrected chi connectivity index (χ0v) is 18.4. The van der Waals surface area contributed by atoms with Crippen LogP contribution in [0.2, 0.25) is 0 Å². The standard InChI is InChI=1S/C23H21F4N3O4/c1-4-12-9-15(10-16(24)18(12)25)34-22-17(19(20(26)27)29-30(22)3)21(31)28-11(2)13-5-7-14(8-6-13)23(32)33/h5-11,20H,4H2,1-3H3,(H,28,31)(H,32,33). The van der Waals surface area contributed by atoms with Gasteiger partial charge in [-0.3, -0.25) is 4.79 Å². The Morgan fingerprint density at radius 1 is 1.18 bits per heavy atom. The summed E-state index contributed by atoms with van der Waals surface area (Å²) in [5, 5.41) is 15.2. The zero-order valence-electron chi connectivity index (χ0n) is 18.4. The van der Waals surface area contributed by atoms with Crippen LogP contribution in [0, 0.1) is 11.6 Å². The first-order chi connectivity index (χ1) is 16.0. The van der Waals surface area contributed by atoms with Gasteiger partial charge >= 0.3 is 5.97 Å². The second kappa shape index (κ2) is 9.94. The molecule has 0 fully saturated rings. The van der Waals surface area contributed by atoms with Crippen molar-refractivity contribution in [3.05, 3.63) is 76.0 Å². The number of alkyl halides is 2. The van der Waals surface area contributed by atoms with Crippen LogP contribution in [0.4, 0.5) is 17.6 Å². The molecule has 1 aromatic heterocycles. The van der Waals surface area contributed by atoms with E-state index in [9.17, 15) is 27.2 Å². The molecule has 180 valence electrons. The van der Waals surface area contributed by atoms with Gasteiger partial charge in [0, 0.05) is 13.1 Å². The Morgan fingerprint density at radius 2 is 1.82 bits per heavy atom. The van der Waals surface area contributed by atoms with Gasteiger partial charge in [0.2, 0.25) is 5.88 Å². The first-order valence-corrected chi connectivity index (χ1v) is 10.2. The van der Waals surface area contributed by atoms with Gasteiger partial charge in [0.05, 0.1) is 11.6 Å². The van der Waals surface area contributed by atoms with Crippen LogP contribution in [0.5, 0.6) is 11.6 Å². The van der Waals surface area contributed by atoms with E-state index >= 15 is 0 Å². The maximum absolute atomic E-state index is 13.9. The van der Waals surface area contributed by atoms with Crippen molar-refractivity contribution in [3.63, 3.8) is 0 Å². The molecule has 3 aromatic rings. The quantitative estimate of drug-likeness (QED) is 0.435. The second-order valence-electron chi connectivity index (χ2n) is 7.45. The number of nitrogens with one attached hydrogen (secondary N) is 1. The first-order valence-electron chi connectivity index (χ1n) is 10.2. The number of rotatable bonds is 8. The van der Waals surface area contributed by atoms with Crippen molar-refractivity contribution < 1.29 is 37.0 Å². The normalized spacial score (nSPS) is 12.0. The van der Waals surface area contributed by atoms with E-state index < -0.39 is 47.2 Å². The number of benzene rings is 2. The monoisotopic (exact) mass is 479 g/mol. The van der Waals surface area contributed by atoms with Crippen LogP contribution in [-0.2, 0) is 13.5 Å². The Balaban J connectivity index is 1.95. The summed E-state index contributed by atoms with van der Waals surface area (Å²) in [6, 6.07) is 6.92. The van der Waals surface area contributed by atoms with E-state index in [-0.39, 0.29) is 29.2 Å². The molecule has 2 N–H and O–H groups in total. The third kappa shape index (κ3) is 5.03. The number of nitrogens with zero attached hydrogens (tertiary/aromatic N) is 2. The number of carboxylic acids is 1. The van der Waals surface area contributed by atoms with Gasteiger partial charge in [-0.2, -0.15) is 5.10 Å². The predicted octanol–water partition coefficient (Wildman–Crippen LogP) is 5.18. The fourth-order valence-corrected chi connectivity index (χ4v) is 3.32. The Labute approximate surface area is 192 Å². The van der Waals surface area contributed by atoms with Gasteiger partial charge in [0.1, 0.15) is 17.0 Å². The van der Waals surface area contributed by atoms with Crippen molar-refractivity contribution in [1.29, 1.82) is 0 Å². The van der Waals surface area contributed by atoms with Crippen LogP contribution in [0.3, 0.4) is 0 Å². The molecule has 0 saturated carbocycles. The van der Waals surface area contributed by atoms with Crippen molar-refractivity contribution in [2.24, 2.45) is 7.05 Å². The number of hydrogen-bond donors (Lipinski definition) is 2. The summed E-state index contributed by atoms with van der Waals surface area (Å²) in [6.07, 6.45) is -2.97. The second-order valence-corrected chi connectivity index (χ2v) is 7.45. The molecule has 3 rings (SSSR count). The van der Waals surface area contributed by atoms with E-state index in [1.165, 1.54) is 37.4 Å². The lowest BCUT2D eigenvalue weighted by molar-refractivity contribution is 0.0696. The lowest BCUT2D eigenvalue weighted by Gasteiger charge is -2.16. The van der Waals surface area contributed by atoms with Gasteiger partial charge in [-0.15, -0.1) is 0 Å². The average Bonchev–Trinajstić information content (AvgIpc) is 3.12. The third-order valence-corrected chi connectivity index (χ3v) is 5.13. The van der Waals surface area contributed by atoms with Crippen molar-refractivity contribution in [1.82, 2.24) is 15.1 Å². The number of hydrogen-bond acceptors (Lipinski definition) is 4. The van der Waals surface area contributed by atoms with Crippen molar-refractivity contribution >= 4 is 11.9 Å². The number of ether oxygens (including phenoxy) is 1. The van der Waals surface area contributed by atoms with E-state index in [1.54, 1.807) is 13.8 Å². The Morgan fingerprint density at radius 3 is 2.38 bits per heavy atom. The minimum atomic E-state index is -3.12. The third-order valence-electron chi connectivity index (χ3n) is 5.13. The summed E-state index contributed by atoms with van der Waals surface area (Å²) in [5.41, 5.74) is -0.827. The summed E-state index contributed by atoms with van der Waals surface area (Å²) >= 11 is 0. The largest absolute Gasteiger partial charge is 0.478 e. The molecule has 34 heavy (non-hydrogen) atoms. The summed E-state index contributed by atoms with van der Waals surface area (Å²) in [5.74, 6) is -4.86. The summed E-state index contributed by atoms with van der Waals surface area (Å²) in [4.78, 5) is 24.0. The van der Waals surface area contributed by atoms with Crippen molar-refractivity contribution in [3.8, 4) is 11.6 Å². The van der Waals surface area contributed by atoms with Gasteiger partial charge in [-0.1, -0.05) is 19.1 Å². The molecule has 1 atom stereocenters. The van der Waals surface area contributed by atoms with Crippen molar-refractivity contribution in [2.45, 2.75) is 32.7 Å². The number of amides is 1. The highest BCUT2D eigenvalue weighted by molar-refractivity contribution is 5.98. The topological polar surface area (TPSA) is 93.4 Å². The molecule has 0 bridgehead atoms. The molecule has 1 amide bonds. The van der Waals surface area contributed by atoms with E-state index in [0.29, 0.717) is 5.56 Å². The Hall–Kier alpha value is -3.89. The van der Waals surface area contributed by atoms with Gasteiger partial charge in [-0.25, -0.2) is 27.0 Å². The Bertz CT molecular complexity index is 1230. The fraction of sp³-hybridized carbons (Fsp3) is 0.261. The molecule has 0 aliphatic carbocycles. The fourth-order valence-electron chi connectivity index (χ4n) is 3.32. The molecule has 0 saturated heterocycles. The SMILES string of the molecule is CCc1cc(Oc2c(C(=O)NC(C)c3ccc(C(=O)O)cc3)c(C(F)F)nn2C)cc(F)c1F. The molecule has 1 unspecified atom stereocenters. The van der Waals surface area contributed by atoms with Gasteiger partial charge < -0.3 is 15.2 Å². The molecule has 0 aliphatic rings. The molecule has 1 heterocycles. The van der Waals surface area contributed by atoms with Crippen LogP contribution >= 0.6 is 0 Å². The number of aromatic nitrogens is 2. The van der Waals surface area contributed by atoms with E-state index in [1.807, 2.05) is 0 Å². The maximum atomic E-state index is 13.9. The summed E-state index contributed by atoms with van der Waals surface area (Å²) < 4.78 is 61.6. The number of carboxylic acid groups (broad SMARTS) is 1. The molecule has 11 heteroatoms. The van der Waals surface area contributed by atoms with E-state index in [0.717, 1.165) is 10.7 Å². The molecular formula is C23H21F4N3O4. The van der Waals surface area contributed by atoms with Crippen LogP contribution in [0.15, 0.2) is 36.4 Å². The molecule has 2 aromatic carbocycles. The molecular weight excluding hydrogens is 458 g/mol. The number of aromatic carboxylic acids is 1. The molecule has 0 aliphatic heterocycles. The Kier molecular flexibility index (Phi) is 7.23. The molecule has 7 nitrogen and oxygen atoms in total. The van der Waals surface area contributed by atoms with Crippen molar-refractivity contribution in [2.75, 3.05) is 0 Å². The van der Waals surface area contributed by atoms with Crippen LogP contribution < -0.4 is 10.1 Å². The van der Waals surface area contributed by atoms with Gasteiger partial charge in [0.25, 0.3) is 12.3 Å². The highest BCUT2D eigenvalue weighted by atomic mass is 19.3. The predicted molar refractivity (Wildman–Crippen MR) is 113 cm³/mol. The van der Waals surface area contributed by atoms with Crippen LogP contribution in [0.25, 0.3) is 0 Å². The highest BCUT2D eigenvalue weighted by Crippen LogP contribution is 2.34. The van der Waals surface area contributed by atoms with Crippen LogP contribution in [0.1, 0.15) is 63.9 Å². The highest BCUT2D eigenvalue weighted by Gasteiger charge is 2.31. The summed E-state index contributed by atoms with van der Waals surface area (Å²) in [6.45, 7) is 3.18. The lowest BCUT2D eigenvalue weighted by atomic mass is 10.1. The van der Waals surface area contributed by atoms with E-state index in [4.69, 9.17) is 9.84 Å². The first kappa shape index (κ1) is 24.7. The zero-order chi connectivity index (χ0) is 25.2. The maximum Gasteiger partial charge on any atom is 0.335 e. The van der Waals surface area contributed by atoms with Crippen LogP contribution in [-0.4, -0.2) is 26.8 Å². The van der Waals surface area contributed by atoms with Gasteiger partial charge in [-0.05, 0) is 42.7 Å². The number of halogens is 4.